The zero-order valence-corrected chi connectivity index (χ0v) is 13.1. The largest absolute Gasteiger partial charge is 0.356 e. The van der Waals surface area contributed by atoms with E-state index in [2.05, 4.69) is 38.9 Å². The van der Waals surface area contributed by atoms with Crippen LogP contribution in [0.25, 0.3) is 10.8 Å². The average molecular weight is 333 g/mol. The van der Waals surface area contributed by atoms with Gasteiger partial charge in [-0.05, 0) is 25.0 Å². The van der Waals surface area contributed by atoms with Crippen LogP contribution >= 0.6 is 15.9 Å². The molecule has 1 saturated carbocycles. The van der Waals surface area contributed by atoms with Crippen molar-refractivity contribution in [2.75, 3.05) is 11.9 Å². The van der Waals surface area contributed by atoms with Gasteiger partial charge >= 0.3 is 0 Å². The molecule has 1 aromatic heterocycles. The molecule has 0 radical (unpaired) electrons. The number of anilines is 1. The lowest BCUT2D eigenvalue weighted by atomic mass is 9.93. The number of carbonyl (C=O) groups excluding carboxylic acids is 1. The number of fused-ring (bicyclic) bond motifs is 1. The molecule has 4 heteroatoms. The number of carbonyl (C=O) groups is 1. The predicted octanol–water partition coefficient (Wildman–Crippen LogP) is 3.95. The summed E-state index contributed by atoms with van der Waals surface area (Å²) >= 11 is 3.59. The summed E-state index contributed by atoms with van der Waals surface area (Å²) in [6.07, 6.45) is 5.11. The summed E-state index contributed by atoms with van der Waals surface area (Å²) in [5.74, 6) is 1.39. The maximum absolute atomic E-state index is 11.4. The second kappa shape index (κ2) is 5.52. The van der Waals surface area contributed by atoms with Gasteiger partial charge in [-0.1, -0.05) is 28.1 Å². The molecule has 104 valence electrons. The fourth-order valence-corrected chi connectivity index (χ4v) is 3.42. The van der Waals surface area contributed by atoms with Crippen LogP contribution < -0.4 is 4.90 Å². The van der Waals surface area contributed by atoms with Gasteiger partial charge in [0.2, 0.25) is 0 Å². The number of hydrogen-bond donors (Lipinski definition) is 0. The lowest BCUT2D eigenvalue weighted by molar-refractivity contribution is -0.120. The second-order valence-corrected chi connectivity index (χ2v) is 6.20. The van der Waals surface area contributed by atoms with Gasteiger partial charge in [0.25, 0.3) is 0 Å². The number of ketones is 1. The molecule has 0 N–H and O–H groups in total. The van der Waals surface area contributed by atoms with E-state index in [4.69, 9.17) is 0 Å². The van der Waals surface area contributed by atoms with Crippen molar-refractivity contribution in [3.8, 4) is 0 Å². The van der Waals surface area contributed by atoms with E-state index in [-0.39, 0.29) is 0 Å². The van der Waals surface area contributed by atoms with Gasteiger partial charge in [0.1, 0.15) is 11.6 Å². The van der Waals surface area contributed by atoms with Crippen LogP contribution in [0.1, 0.15) is 25.7 Å². The van der Waals surface area contributed by atoms with Crippen LogP contribution in [0.5, 0.6) is 0 Å². The fraction of sp³-hybridized carbons (Fsp3) is 0.375. The average Bonchev–Trinajstić information content (AvgIpc) is 2.47. The fourth-order valence-electron chi connectivity index (χ4n) is 2.92. The molecule has 3 nitrogen and oxygen atoms in total. The van der Waals surface area contributed by atoms with E-state index in [1.54, 1.807) is 0 Å². The molecule has 1 aliphatic carbocycles. The summed E-state index contributed by atoms with van der Waals surface area (Å²) in [4.78, 5) is 18.2. The third-order valence-corrected chi connectivity index (χ3v) is 4.82. The summed E-state index contributed by atoms with van der Waals surface area (Å²) in [6, 6.07) is 8.62. The van der Waals surface area contributed by atoms with Gasteiger partial charge in [-0.15, -0.1) is 0 Å². The Bertz CT molecular complexity index is 646. The minimum Gasteiger partial charge on any atom is -0.356 e. The van der Waals surface area contributed by atoms with Crippen molar-refractivity contribution >= 4 is 38.3 Å². The number of halogens is 1. The van der Waals surface area contributed by atoms with Crippen molar-refractivity contribution in [1.82, 2.24) is 4.98 Å². The van der Waals surface area contributed by atoms with Crippen molar-refractivity contribution in [3.63, 3.8) is 0 Å². The van der Waals surface area contributed by atoms with Crippen molar-refractivity contribution in [3.05, 3.63) is 34.9 Å². The molecule has 0 amide bonds. The molecule has 0 spiro atoms. The maximum atomic E-state index is 11.4. The Kier molecular flexibility index (Phi) is 3.74. The number of pyridine rings is 1. The van der Waals surface area contributed by atoms with Crippen LogP contribution in [0.4, 0.5) is 5.82 Å². The zero-order valence-electron chi connectivity index (χ0n) is 11.5. The number of Topliss-reactive ketones (excluding diaryl/α,β-unsaturated/α-hetero) is 1. The molecule has 2 aromatic rings. The normalized spacial score (nSPS) is 16.6. The molecule has 1 aliphatic rings. The van der Waals surface area contributed by atoms with Gasteiger partial charge in [0.05, 0.1) is 0 Å². The zero-order chi connectivity index (χ0) is 14.1. The van der Waals surface area contributed by atoms with Gasteiger partial charge < -0.3 is 4.90 Å². The Morgan fingerprint density at radius 3 is 2.70 bits per heavy atom. The van der Waals surface area contributed by atoms with Gasteiger partial charge in [-0.2, -0.15) is 0 Å². The van der Waals surface area contributed by atoms with E-state index < -0.39 is 0 Å². The predicted molar refractivity (Wildman–Crippen MR) is 85.1 cm³/mol. The highest BCUT2D eigenvalue weighted by atomic mass is 79.9. The Labute approximate surface area is 127 Å². The summed E-state index contributed by atoms with van der Waals surface area (Å²) in [6.45, 7) is 0. The quantitative estimate of drug-likeness (QED) is 0.834. The Hall–Kier alpha value is -1.42. The molecule has 0 saturated heterocycles. The van der Waals surface area contributed by atoms with Gasteiger partial charge in [-0.25, -0.2) is 4.98 Å². The van der Waals surface area contributed by atoms with Gasteiger partial charge in [0.15, 0.2) is 0 Å². The minimum absolute atomic E-state index is 0.392. The summed E-state index contributed by atoms with van der Waals surface area (Å²) in [5.41, 5.74) is 0. The van der Waals surface area contributed by atoms with E-state index in [9.17, 15) is 4.79 Å². The molecule has 0 bridgehead atoms. The lowest BCUT2D eigenvalue weighted by Gasteiger charge is -2.32. The number of rotatable bonds is 2. The topological polar surface area (TPSA) is 33.2 Å². The van der Waals surface area contributed by atoms with Crippen LogP contribution in [0.2, 0.25) is 0 Å². The van der Waals surface area contributed by atoms with E-state index in [0.717, 1.165) is 28.5 Å². The third kappa shape index (κ3) is 2.44. The highest BCUT2D eigenvalue weighted by Gasteiger charge is 2.24. The van der Waals surface area contributed by atoms with Crippen molar-refractivity contribution in [2.24, 2.45) is 0 Å². The van der Waals surface area contributed by atoms with Crippen LogP contribution in [0, 0.1) is 0 Å². The third-order valence-electron chi connectivity index (χ3n) is 4.13. The molecule has 3 rings (SSSR count). The molecular weight excluding hydrogens is 316 g/mol. The first-order valence-corrected chi connectivity index (χ1v) is 7.74. The van der Waals surface area contributed by atoms with Crippen molar-refractivity contribution in [1.29, 1.82) is 0 Å². The first-order valence-electron chi connectivity index (χ1n) is 6.94. The van der Waals surface area contributed by atoms with E-state index in [1.807, 2.05) is 24.4 Å². The molecule has 0 atom stereocenters. The number of nitrogens with zero attached hydrogens (tertiary/aromatic N) is 2. The molecule has 0 aliphatic heterocycles. The SMILES string of the molecule is CN(c1nccc2c(Br)cccc12)C1CCC(=O)CC1. The van der Waals surface area contributed by atoms with Gasteiger partial charge in [-0.3, -0.25) is 4.79 Å². The monoisotopic (exact) mass is 332 g/mol. The van der Waals surface area contributed by atoms with Crippen LogP contribution in [0.3, 0.4) is 0 Å². The summed E-state index contributed by atoms with van der Waals surface area (Å²) in [5, 5.41) is 2.33. The van der Waals surface area contributed by atoms with Crippen LogP contribution in [-0.2, 0) is 4.79 Å². The van der Waals surface area contributed by atoms with E-state index >= 15 is 0 Å². The van der Waals surface area contributed by atoms with Crippen LogP contribution in [-0.4, -0.2) is 23.9 Å². The van der Waals surface area contributed by atoms with E-state index in [1.165, 1.54) is 5.39 Å². The maximum Gasteiger partial charge on any atom is 0.136 e. The number of benzene rings is 1. The van der Waals surface area contributed by atoms with Crippen molar-refractivity contribution in [2.45, 2.75) is 31.7 Å². The van der Waals surface area contributed by atoms with Gasteiger partial charge in [0, 0.05) is 47.4 Å². The Morgan fingerprint density at radius 1 is 1.20 bits per heavy atom. The molecular formula is C16H17BrN2O. The molecule has 1 aromatic carbocycles. The Morgan fingerprint density at radius 2 is 1.95 bits per heavy atom. The summed E-state index contributed by atoms with van der Waals surface area (Å²) < 4.78 is 1.09. The lowest BCUT2D eigenvalue weighted by Crippen LogP contribution is -2.35. The minimum atomic E-state index is 0.392. The number of hydrogen-bond acceptors (Lipinski definition) is 3. The molecule has 1 heterocycles. The van der Waals surface area contributed by atoms with Crippen LogP contribution in [0.15, 0.2) is 34.9 Å². The second-order valence-electron chi connectivity index (χ2n) is 5.35. The highest BCUT2D eigenvalue weighted by molar-refractivity contribution is 9.10. The first kappa shape index (κ1) is 13.6. The number of aromatic nitrogens is 1. The first-order chi connectivity index (χ1) is 9.66. The van der Waals surface area contributed by atoms with Crippen molar-refractivity contribution < 1.29 is 4.79 Å². The standard InChI is InChI=1S/C16H17BrN2O/c1-19(11-5-7-12(20)8-6-11)16-14-3-2-4-15(17)13(14)9-10-18-16/h2-4,9-11H,5-8H2,1H3. The highest BCUT2D eigenvalue weighted by Crippen LogP contribution is 2.32. The molecule has 0 unspecified atom stereocenters. The summed E-state index contributed by atoms with van der Waals surface area (Å²) in [7, 11) is 2.09. The Balaban J connectivity index is 1.97. The molecule has 1 fully saturated rings. The van der Waals surface area contributed by atoms with E-state index in [0.29, 0.717) is 24.7 Å². The molecule has 20 heavy (non-hydrogen) atoms. The smallest absolute Gasteiger partial charge is 0.136 e.